The summed E-state index contributed by atoms with van der Waals surface area (Å²) in [6.07, 6.45) is -0.454. The molecule has 0 aromatic heterocycles. The van der Waals surface area contributed by atoms with E-state index in [9.17, 15) is 9.59 Å². The Hall–Kier alpha value is -3.02. The van der Waals surface area contributed by atoms with E-state index < -0.39 is 11.7 Å². The number of carbonyl (C=O) groups excluding carboxylic acids is 2. The lowest BCUT2D eigenvalue weighted by atomic mass is 10.2. The van der Waals surface area contributed by atoms with Crippen molar-refractivity contribution < 1.29 is 19.1 Å². The van der Waals surface area contributed by atoms with Gasteiger partial charge in [0.05, 0.1) is 0 Å². The molecule has 0 N–H and O–H groups in total. The van der Waals surface area contributed by atoms with Crippen LogP contribution >= 0.6 is 0 Å². The number of ether oxygens (including phenoxy) is 2. The second kappa shape index (κ2) is 8.33. The van der Waals surface area contributed by atoms with Crippen molar-refractivity contribution in [3.63, 3.8) is 0 Å². The maximum absolute atomic E-state index is 12.5. The number of nitrogens with zero attached hydrogens (tertiary/aromatic N) is 2. The van der Waals surface area contributed by atoms with Crippen LogP contribution < -0.4 is 9.64 Å². The van der Waals surface area contributed by atoms with Gasteiger partial charge in [-0.3, -0.25) is 9.69 Å². The summed E-state index contributed by atoms with van der Waals surface area (Å²) in [4.78, 5) is 27.8. The molecule has 6 nitrogen and oxygen atoms in total. The summed E-state index contributed by atoms with van der Waals surface area (Å²) in [5.74, 6) is 0.613. The largest absolute Gasteiger partial charge is 0.489 e. The van der Waals surface area contributed by atoms with E-state index in [0.29, 0.717) is 19.7 Å². The molecule has 28 heavy (non-hydrogen) atoms. The van der Waals surface area contributed by atoms with E-state index in [-0.39, 0.29) is 12.5 Å². The van der Waals surface area contributed by atoms with Crippen LogP contribution in [0.25, 0.3) is 0 Å². The summed E-state index contributed by atoms with van der Waals surface area (Å²) in [5.41, 5.74) is 1.31. The molecule has 1 heterocycles. The second-order valence-electron chi connectivity index (χ2n) is 7.72. The fourth-order valence-electron chi connectivity index (χ4n) is 2.89. The van der Waals surface area contributed by atoms with Crippen LogP contribution in [0.1, 0.15) is 26.3 Å². The van der Waals surface area contributed by atoms with Crippen molar-refractivity contribution in [3.8, 4) is 5.75 Å². The molecular weight excluding hydrogens is 356 g/mol. The van der Waals surface area contributed by atoms with E-state index in [1.54, 1.807) is 4.90 Å². The van der Waals surface area contributed by atoms with Gasteiger partial charge >= 0.3 is 6.09 Å². The molecule has 2 aromatic carbocycles. The molecule has 1 aliphatic rings. The summed E-state index contributed by atoms with van der Waals surface area (Å²) in [6.45, 7) is 6.81. The molecule has 0 spiro atoms. The first-order valence-corrected chi connectivity index (χ1v) is 9.37. The second-order valence-corrected chi connectivity index (χ2v) is 7.72. The normalized spacial score (nSPS) is 14.8. The zero-order valence-electron chi connectivity index (χ0n) is 16.6. The van der Waals surface area contributed by atoms with Crippen LogP contribution in [-0.4, -0.2) is 42.1 Å². The Morgan fingerprint density at radius 2 is 1.68 bits per heavy atom. The van der Waals surface area contributed by atoms with Crippen molar-refractivity contribution in [1.29, 1.82) is 0 Å². The number of carbonyl (C=O) groups is 2. The van der Waals surface area contributed by atoms with Gasteiger partial charge in [-0.25, -0.2) is 4.79 Å². The highest BCUT2D eigenvalue weighted by atomic mass is 16.6. The van der Waals surface area contributed by atoms with Crippen molar-refractivity contribution in [3.05, 3.63) is 60.2 Å². The molecule has 6 heteroatoms. The molecule has 0 radical (unpaired) electrons. The molecule has 2 amide bonds. The minimum absolute atomic E-state index is 0.0151. The highest BCUT2D eigenvalue weighted by Crippen LogP contribution is 2.22. The summed E-state index contributed by atoms with van der Waals surface area (Å²) in [5, 5.41) is 0. The maximum atomic E-state index is 12.5. The number of benzene rings is 2. The first-order chi connectivity index (χ1) is 13.3. The lowest BCUT2D eigenvalue weighted by Crippen LogP contribution is -2.53. The third-order valence-electron chi connectivity index (χ3n) is 4.27. The minimum atomic E-state index is -0.577. The number of amides is 2. The molecule has 0 unspecified atom stereocenters. The lowest BCUT2D eigenvalue weighted by molar-refractivity contribution is -0.121. The summed E-state index contributed by atoms with van der Waals surface area (Å²) < 4.78 is 11.1. The van der Waals surface area contributed by atoms with Gasteiger partial charge in [0, 0.05) is 18.8 Å². The molecule has 2 aromatic rings. The summed E-state index contributed by atoms with van der Waals surface area (Å²) in [6, 6.07) is 17.4. The van der Waals surface area contributed by atoms with Crippen molar-refractivity contribution >= 4 is 17.7 Å². The standard InChI is InChI=1S/C22H26N2O4/c1-22(2,3)28-21(26)23-13-14-24(20(25)15-23)18-9-11-19(12-10-18)27-16-17-7-5-4-6-8-17/h4-12H,13-16H2,1-3H3. The topological polar surface area (TPSA) is 59.1 Å². The number of anilines is 1. The van der Waals surface area contributed by atoms with Crippen LogP contribution in [0.2, 0.25) is 0 Å². The molecule has 148 valence electrons. The van der Waals surface area contributed by atoms with Gasteiger partial charge in [0.2, 0.25) is 5.91 Å². The van der Waals surface area contributed by atoms with Gasteiger partial charge < -0.3 is 14.4 Å². The first kappa shape index (κ1) is 19.7. The van der Waals surface area contributed by atoms with Gasteiger partial charge in [0.1, 0.15) is 24.5 Å². The maximum Gasteiger partial charge on any atom is 0.410 e. The fraction of sp³-hybridized carbons (Fsp3) is 0.364. The number of hydrogen-bond donors (Lipinski definition) is 0. The van der Waals surface area contributed by atoms with Gasteiger partial charge in [-0.2, -0.15) is 0 Å². The molecule has 1 fully saturated rings. The van der Waals surface area contributed by atoms with Gasteiger partial charge in [-0.15, -0.1) is 0 Å². The van der Waals surface area contributed by atoms with Crippen LogP contribution in [0.4, 0.5) is 10.5 Å². The van der Waals surface area contributed by atoms with Crippen molar-refractivity contribution in [1.82, 2.24) is 4.90 Å². The zero-order chi connectivity index (χ0) is 20.1. The van der Waals surface area contributed by atoms with Crippen molar-refractivity contribution in [2.45, 2.75) is 33.0 Å². The monoisotopic (exact) mass is 382 g/mol. The quantitative estimate of drug-likeness (QED) is 0.806. The smallest absolute Gasteiger partial charge is 0.410 e. The minimum Gasteiger partial charge on any atom is -0.489 e. The Morgan fingerprint density at radius 1 is 1.00 bits per heavy atom. The van der Waals surface area contributed by atoms with E-state index in [2.05, 4.69) is 0 Å². The molecule has 0 saturated carbocycles. The SMILES string of the molecule is CC(C)(C)OC(=O)N1CCN(c2ccc(OCc3ccccc3)cc2)C(=O)C1. The summed E-state index contributed by atoms with van der Waals surface area (Å²) >= 11 is 0. The Labute approximate surface area is 165 Å². The van der Waals surface area contributed by atoms with Gasteiger partial charge in [-0.05, 0) is 50.6 Å². The number of piperazine rings is 1. The zero-order valence-corrected chi connectivity index (χ0v) is 16.6. The average Bonchev–Trinajstić information content (AvgIpc) is 2.66. The Balaban J connectivity index is 1.56. The third-order valence-corrected chi connectivity index (χ3v) is 4.27. The lowest BCUT2D eigenvalue weighted by Gasteiger charge is -2.35. The van der Waals surface area contributed by atoms with E-state index in [4.69, 9.17) is 9.47 Å². The molecule has 0 atom stereocenters. The van der Waals surface area contributed by atoms with E-state index in [0.717, 1.165) is 17.0 Å². The molecule has 3 rings (SSSR count). The van der Waals surface area contributed by atoms with Crippen LogP contribution in [0.5, 0.6) is 5.75 Å². The van der Waals surface area contributed by atoms with E-state index >= 15 is 0 Å². The molecule has 1 saturated heterocycles. The third kappa shape index (κ3) is 5.25. The Morgan fingerprint density at radius 3 is 2.29 bits per heavy atom. The van der Waals surface area contributed by atoms with Crippen LogP contribution in [0.15, 0.2) is 54.6 Å². The van der Waals surface area contributed by atoms with Crippen molar-refractivity contribution in [2.75, 3.05) is 24.5 Å². The predicted octanol–water partition coefficient (Wildman–Crippen LogP) is 3.85. The average molecular weight is 382 g/mol. The van der Waals surface area contributed by atoms with Gasteiger partial charge in [-0.1, -0.05) is 30.3 Å². The highest BCUT2D eigenvalue weighted by Gasteiger charge is 2.30. The van der Waals surface area contributed by atoms with Crippen LogP contribution in [-0.2, 0) is 16.1 Å². The number of rotatable bonds is 4. The van der Waals surface area contributed by atoms with Crippen LogP contribution in [0.3, 0.4) is 0 Å². The molecule has 1 aliphatic heterocycles. The van der Waals surface area contributed by atoms with Crippen LogP contribution in [0, 0.1) is 0 Å². The summed E-state index contributed by atoms with van der Waals surface area (Å²) in [7, 11) is 0. The number of hydrogen-bond acceptors (Lipinski definition) is 4. The Kier molecular flexibility index (Phi) is 5.87. The van der Waals surface area contributed by atoms with Crippen molar-refractivity contribution in [2.24, 2.45) is 0 Å². The molecule has 0 bridgehead atoms. The van der Waals surface area contributed by atoms with Gasteiger partial charge in [0.25, 0.3) is 0 Å². The van der Waals surface area contributed by atoms with Gasteiger partial charge in [0.15, 0.2) is 0 Å². The molecule has 0 aliphatic carbocycles. The Bertz CT molecular complexity index is 813. The molecular formula is C22H26N2O4. The van der Waals surface area contributed by atoms with E-state index in [1.807, 2.05) is 75.4 Å². The van der Waals surface area contributed by atoms with E-state index in [1.165, 1.54) is 4.90 Å². The first-order valence-electron chi connectivity index (χ1n) is 9.37. The fourth-order valence-corrected chi connectivity index (χ4v) is 2.89. The predicted molar refractivity (Wildman–Crippen MR) is 107 cm³/mol. The highest BCUT2D eigenvalue weighted by molar-refractivity contribution is 5.97.